The number of likely N-dealkylation sites (N-methyl/N-ethyl adjacent to an activating group) is 1. The van der Waals surface area contributed by atoms with Crippen molar-refractivity contribution in [1.82, 2.24) is 5.32 Å². The highest BCUT2D eigenvalue weighted by Gasteiger charge is 2.28. The highest BCUT2D eigenvalue weighted by atomic mass is 32.2. The van der Waals surface area contributed by atoms with Crippen LogP contribution in [0.15, 0.2) is 0 Å². The molecule has 0 spiro atoms. The van der Waals surface area contributed by atoms with Gasteiger partial charge in [-0.2, -0.15) is 23.5 Å². The number of unbranched alkanes of at least 4 members (excludes halogenated alkanes) is 28. The smallest absolute Gasteiger partial charge is 0.322 e. The molecule has 0 saturated carbocycles. The van der Waals surface area contributed by atoms with E-state index in [4.69, 9.17) is 76.5 Å². The Morgan fingerprint density at radius 1 is 0.315 bits per heavy atom. The number of carbonyl (C=O) groups excluding carboxylic acids is 9. The lowest BCUT2D eigenvalue weighted by Crippen LogP contribution is -2.31. The SMILES string of the molecule is CCCCCCCCCCCCCCCCC(C)(C)C(=O)OC.CCCCCCCCCCCCCCCCCC(=O)OC.CNC(C)C(=O)OC.COCC(O)CO.COCCCCOC.COCCOCCOCCOCCOCCOCCOC.COCCSC(=O)C(C)(C)C.COCCSC(C)=O.COCOC(=O)C(C)(C)C.CSCCSC(=O)C(C)(C)C.CSCCSC(C)=O.CSCOC(=O)C(C)(C)C. The van der Waals surface area contributed by atoms with E-state index in [2.05, 4.69) is 44.4 Å². The van der Waals surface area contributed by atoms with Gasteiger partial charge in [-0.05, 0) is 114 Å². The molecule has 0 amide bonds. The molecule has 0 saturated heterocycles. The number of hydrogen-bond acceptors (Lipinski definition) is 37. The molecule has 0 rings (SSSR count). The van der Waals surface area contributed by atoms with Crippen LogP contribution in [0.25, 0.3) is 0 Å². The van der Waals surface area contributed by atoms with Crippen LogP contribution in [0.4, 0.5) is 0 Å². The van der Waals surface area contributed by atoms with E-state index in [-0.39, 0.29) is 92.9 Å². The molecule has 0 heterocycles. The molecule has 0 aliphatic heterocycles. The van der Waals surface area contributed by atoms with E-state index in [1.807, 2.05) is 88.7 Å². The maximum Gasteiger partial charge on any atom is 0.322 e. The maximum absolute atomic E-state index is 11.6. The van der Waals surface area contributed by atoms with Crippen LogP contribution in [0.5, 0.6) is 0 Å². The fourth-order valence-electron chi connectivity index (χ4n) is 10.2. The summed E-state index contributed by atoms with van der Waals surface area (Å²) in [6.07, 6.45) is 48.6. The van der Waals surface area contributed by atoms with E-state index >= 15 is 0 Å². The average molecular weight is 2240 g/mol. The number of nitrogens with one attached hydrogen (secondary N) is 1. The Labute approximate surface area is 923 Å². The second-order valence-electron chi connectivity index (χ2n) is 38.2. The molecule has 882 valence electrons. The molecule has 0 aromatic heterocycles. The van der Waals surface area contributed by atoms with Gasteiger partial charge in [-0.15, -0.1) is 11.8 Å². The third kappa shape index (κ3) is 167. The zero-order valence-electron chi connectivity index (χ0n) is 99.1. The molecule has 2 unspecified atom stereocenters. The summed E-state index contributed by atoms with van der Waals surface area (Å²) in [5.74, 6) is 5.26. The molecule has 0 aromatic rings. The van der Waals surface area contributed by atoms with Crippen molar-refractivity contribution in [3.8, 4) is 0 Å². The number of thioether (sulfide) groups is 7. The summed E-state index contributed by atoms with van der Waals surface area (Å²) in [6, 6.07) is -0.194. The van der Waals surface area contributed by atoms with Crippen LogP contribution in [0.2, 0.25) is 0 Å². The fraction of sp³-hybridized carbons (Fsp3) is 0.917. The minimum Gasteiger partial charge on any atom is -0.469 e. The molecule has 3 N–H and O–H groups in total. The van der Waals surface area contributed by atoms with Gasteiger partial charge >= 0.3 is 29.8 Å². The van der Waals surface area contributed by atoms with Crippen LogP contribution in [-0.2, 0) is 128 Å². The molecule has 30 nitrogen and oxygen atoms in total. The zero-order valence-corrected chi connectivity index (χ0v) is 105. The Morgan fingerprint density at radius 3 is 0.870 bits per heavy atom. The van der Waals surface area contributed by atoms with Crippen molar-refractivity contribution in [1.29, 1.82) is 0 Å². The summed E-state index contributed by atoms with van der Waals surface area (Å²) < 4.78 is 87.9. The number of hydrogen-bond donors (Lipinski definition) is 3. The van der Waals surface area contributed by atoms with E-state index in [1.54, 1.807) is 115 Å². The zero-order chi connectivity index (χ0) is 114. The molecule has 2 atom stereocenters. The number of ether oxygens (including phenoxy) is 18. The van der Waals surface area contributed by atoms with E-state index in [0.717, 1.165) is 79.8 Å². The van der Waals surface area contributed by atoms with Gasteiger partial charge in [0.25, 0.3) is 0 Å². The lowest BCUT2D eigenvalue weighted by atomic mass is 9.87. The minimum atomic E-state index is -0.718. The molecule has 146 heavy (non-hydrogen) atoms. The maximum atomic E-state index is 11.6. The lowest BCUT2D eigenvalue weighted by molar-refractivity contribution is -0.163. The predicted octanol–water partition coefficient (Wildman–Crippen LogP) is 23.9. The first kappa shape index (κ1) is 169. The van der Waals surface area contributed by atoms with Crippen LogP contribution in [0.3, 0.4) is 0 Å². The molecular formula is C109H225NO29S7. The van der Waals surface area contributed by atoms with Crippen LogP contribution in [0.1, 0.15) is 343 Å². The standard InChI is InChI=1S/C21H42O2.C19H38O2.C14H30O7.C8H16O2S.C8H16OS2.C7H14O3.C7H14O2S.C6H14O2.C5H11NO2.C5H10O2S.C5H10OS2.C4H10O3/c1-5-6-7-8-9-10-11-12-13-14-15-16-17-18-19-21(2,3)20(22)23-4;1-3-4-5-6-7-8-9-10-11-12-13-14-15-16-17-18-19(20)21-2;1-15-3-5-17-7-9-19-11-13-21-14-12-20-10-8-18-6-4-16-2;2*1-8(2,3)7(9)11-6-5-10-4;1-7(2,3)6(8)10-5-9-4;1-7(2,3)6(8)9-5-10-4;1-7-5-3-4-6-8-2;1-4(6-2)5(7)8-3;2*1-5(6)8-4-3-7-2;1-7-3-4(6)2-5/h5-19H2,1-4H3;3-18H2,1-2H3;3-14H2,1-2H3;2*5-6H2,1-4H3;2*5H2,1-4H3;3-6H2,1-2H3;4,6H,1-3H3;2*3-4H2,1-2H3;4-6H,2-3H2,1H3. The largest absolute Gasteiger partial charge is 0.469 e. The summed E-state index contributed by atoms with van der Waals surface area (Å²) in [6.45, 7) is 46.0. The molecule has 0 bridgehead atoms. The average Bonchev–Trinajstić information content (AvgIpc) is 0.920. The van der Waals surface area contributed by atoms with Crippen LogP contribution >= 0.6 is 82.3 Å². The minimum absolute atomic E-state index is 0.0378. The monoisotopic (exact) mass is 2240 g/mol. The number of rotatable bonds is 76. The molecule has 0 aliphatic rings. The molecule has 0 fully saturated rings. The first-order valence-electron chi connectivity index (χ1n) is 52.6. The summed E-state index contributed by atoms with van der Waals surface area (Å²) >= 11 is 10.5. The molecular weight excluding hydrogens is 2010 g/mol. The van der Waals surface area contributed by atoms with Gasteiger partial charge in [0.05, 0.1) is 143 Å². The second-order valence-corrected chi connectivity index (χ2v) is 45.6. The quantitative estimate of drug-likeness (QED) is 0.0220. The van der Waals surface area contributed by atoms with Gasteiger partial charge < -0.3 is 101 Å². The molecule has 0 aliphatic carbocycles. The Kier molecular flexibility index (Phi) is 156. The first-order chi connectivity index (χ1) is 69.2. The van der Waals surface area contributed by atoms with Crippen molar-refractivity contribution < 1.29 is 139 Å². The van der Waals surface area contributed by atoms with Gasteiger partial charge in [0.15, 0.2) is 27.3 Å². The van der Waals surface area contributed by atoms with Gasteiger partial charge in [0.1, 0.15) is 18.1 Å². The van der Waals surface area contributed by atoms with Gasteiger partial charge in [0.2, 0.25) is 0 Å². The first-order valence-corrected chi connectivity index (χ1v) is 60.7. The van der Waals surface area contributed by atoms with Gasteiger partial charge in [-0.3, -0.25) is 43.2 Å². The number of methoxy groups -OCH3 is 11. The summed E-state index contributed by atoms with van der Waals surface area (Å²) in [5, 5.41) is 20.3. The molecule has 0 aromatic carbocycles. The molecule has 0 radical (unpaired) electrons. The molecule has 37 heteroatoms. The van der Waals surface area contributed by atoms with Crippen molar-refractivity contribution in [3.63, 3.8) is 0 Å². The van der Waals surface area contributed by atoms with Crippen molar-refractivity contribution in [3.05, 3.63) is 0 Å². The Hall–Kier alpha value is -2.16. The van der Waals surface area contributed by atoms with E-state index in [9.17, 15) is 43.2 Å². The van der Waals surface area contributed by atoms with Crippen molar-refractivity contribution >= 4 is 133 Å². The van der Waals surface area contributed by atoms with E-state index < -0.39 is 11.5 Å². The van der Waals surface area contributed by atoms with Crippen LogP contribution in [-0.4, -0.2) is 343 Å². The van der Waals surface area contributed by atoms with E-state index in [0.29, 0.717) is 110 Å². The normalized spacial score (nSPS) is 11.2. The number of carbonyl (C=O) groups is 9. The van der Waals surface area contributed by atoms with Crippen molar-refractivity contribution in [2.24, 2.45) is 27.1 Å². The van der Waals surface area contributed by atoms with E-state index in [1.165, 1.54) is 268 Å². The highest BCUT2D eigenvalue weighted by Crippen LogP contribution is 2.27. The van der Waals surface area contributed by atoms with Crippen molar-refractivity contribution in [2.75, 3.05) is 270 Å². The predicted molar refractivity (Wildman–Crippen MR) is 621 cm³/mol. The van der Waals surface area contributed by atoms with Gasteiger partial charge in [-0.1, -0.05) is 282 Å². The lowest BCUT2D eigenvalue weighted by Gasteiger charge is -2.20. The van der Waals surface area contributed by atoms with Crippen molar-refractivity contribution in [2.45, 2.75) is 356 Å². The third-order valence-corrected chi connectivity index (χ3v) is 25.5. The van der Waals surface area contributed by atoms with Crippen LogP contribution in [0, 0.1) is 27.1 Å². The fourth-order valence-corrected chi connectivity index (χ4v) is 14.8. The number of aliphatic hydroxyl groups is 2. The summed E-state index contributed by atoms with van der Waals surface area (Å²) in [5.41, 5.74) is -1.51. The van der Waals surface area contributed by atoms with Crippen LogP contribution < -0.4 is 5.32 Å². The summed E-state index contributed by atoms with van der Waals surface area (Å²) in [4.78, 5) is 97.9. The number of esters is 5. The second kappa shape index (κ2) is 135. The summed E-state index contributed by atoms with van der Waals surface area (Å²) in [7, 11) is 19.0. The third-order valence-electron chi connectivity index (χ3n) is 19.3. The van der Waals surface area contributed by atoms with Gasteiger partial charge in [0, 0.05) is 136 Å². The number of aliphatic hydroxyl groups excluding tert-OH is 2. The Morgan fingerprint density at radius 2 is 0.616 bits per heavy atom. The topological polar surface area (TPSA) is 372 Å². The highest BCUT2D eigenvalue weighted by molar-refractivity contribution is 8.15. The van der Waals surface area contributed by atoms with Gasteiger partial charge in [-0.25, -0.2) is 0 Å². The Balaban J connectivity index is -0.000000137. The Bertz CT molecular complexity index is 2580.